The van der Waals surface area contributed by atoms with Gasteiger partial charge in [0, 0.05) is 39.0 Å². The van der Waals surface area contributed by atoms with Crippen molar-refractivity contribution >= 4 is 39.4 Å². The molecule has 3 aromatic rings. The largest absolute Gasteiger partial charge is 0.361 e. The van der Waals surface area contributed by atoms with Gasteiger partial charge in [-0.15, -0.1) is 4.98 Å². The summed E-state index contributed by atoms with van der Waals surface area (Å²) in [7, 11) is 0. The number of halogens is 2. The van der Waals surface area contributed by atoms with Gasteiger partial charge in [-0.1, -0.05) is 6.57 Å². The molecule has 14 heteroatoms. The Labute approximate surface area is 269 Å². The predicted octanol–water partition coefficient (Wildman–Crippen LogP) is 6.48. The number of allylic oxidation sites excluding steroid dienone is 7. The molecule has 0 saturated heterocycles. The van der Waals surface area contributed by atoms with E-state index in [4.69, 9.17) is 26.3 Å². The minimum absolute atomic E-state index is 0.321. The molecule has 0 atom stereocenters. The molecule has 214 valence electrons. The Hall–Kier alpha value is -8.76. The number of benzene rings is 1. The molecule has 0 unspecified atom stereocenters. The SMILES string of the molecule is [C-]#[N+]C1=C(c2cc([N+]#[C-])ncc2F)/C(=C(/C#N)[N+]#[C-])c2c(C#N)c3c(c(C#N)c21)C(C#N)=C(c1cc(C#N)ncc1F)/C3=C(\C#N)[N+]#[C-]. The molecule has 0 N–H and O–H groups in total. The summed E-state index contributed by atoms with van der Waals surface area (Å²) in [4.78, 5) is 20.4. The quantitative estimate of drug-likeness (QED) is 0.231. The molecule has 0 saturated carbocycles. The third-order valence-electron chi connectivity index (χ3n) is 7.29. The van der Waals surface area contributed by atoms with E-state index in [1.165, 1.54) is 0 Å². The topological polar surface area (TPSA) is 186 Å². The lowest BCUT2D eigenvalue weighted by Crippen LogP contribution is -2.05. The summed E-state index contributed by atoms with van der Waals surface area (Å²) in [5, 5.41) is 61.2. The first kappa shape index (κ1) is 30.7. The maximum Gasteiger partial charge on any atom is 0.270 e. The molecular formula is C34H4F2N12. The van der Waals surface area contributed by atoms with E-state index in [2.05, 4.69) is 29.3 Å². The molecule has 0 radical (unpaired) electrons. The van der Waals surface area contributed by atoms with Crippen LogP contribution in [0.4, 0.5) is 14.6 Å². The van der Waals surface area contributed by atoms with Crippen molar-refractivity contribution in [2.24, 2.45) is 0 Å². The molecule has 0 aliphatic heterocycles. The third kappa shape index (κ3) is 4.10. The van der Waals surface area contributed by atoms with Gasteiger partial charge in [-0.05, 0) is 28.8 Å². The first-order valence-corrected chi connectivity index (χ1v) is 12.7. The molecule has 5 rings (SSSR count). The monoisotopic (exact) mass is 618 g/mol. The average Bonchev–Trinajstić information content (AvgIpc) is 3.62. The first-order valence-electron chi connectivity index (χ1n) is 12.7. The second-order valence-corrected chi connectivity index (χ2v) is 9.36. The highest BCUT2D eigenvalue weighted by Crippen LogP contribution is 2.58. The summed E-state index contributed by atoms with van der Waals surface area (Å²) >= 11 is 0. The number of rotatable bonds is 2. The highest BCUT2D eigenvalue weighted by Gasteiger charge is 2.44. The molecular weight excluding hydrogens is 614 g/mol. The van der Waals surface area contributed by atoms with Crippen molar-refractivity contribution in [3.05, 3.63) is 143 Å². The maximum atomic E-state index is 15.4. The van der Waals surface area contributed by atoms with Gasteiger partial charge in [-0.2, -0.15) is 21.0 Å². The van der Waals surface area contributed by atoms with E-state index in [9.17, 15) is 31.6 Å². The van der Waals surface area contributed by atoms with Crippen LogP contribution in [-0.2, 0) is 0 Å². The summed E-state index contributed by atoms with van der Waals surface area (Å²) in [6.07, 6.45) is 1.34. The van der Waals surface area contributed by atoms with Gasteiger partial charge in [-0.25, -0.2) is 38.8 Å². The van der Waals surface area contributed by atoms with Crippen molar-refractivity contribution in [2.75, 3.05) is 0 Å². The summed E-state index contributed by atoms with van der Waals surface area (Å²) in [6, 6.07) is 12.5. The predicted molar refractivity (Wildman–Crippen MR) is 159 cm³/mol. The van der Waals surface area contributed by atoms with Crippen molar-refractivity contribution < 1.29 is 8.78 Å². The number of nitriles is 6. The Kier molecular flexibility index (Phi) is 7.50. The zero-order valence-corrected chi connectivity index (χ0v) is 23.4. The Bertz CT molecular complexity index is 2490. The van der Waals surface area contributed by atoms with Crippen LogP contribution in [0.15, 0.2) is 35.9 Å². The van der Waals surface area contributed by atoms with Crippen LogP contribution in [0.3, 0.4) is 0 Å². The van der Waals surface area contributed by atoms with Crippen molar-refractivity contribution in [3.63, 3.8) is 0 Å². The van der Waals surface area contributed by atoms with Gasteiger partial charge in [0.25, 0.3) is 17.2 Å². The van der Waals surface area contributed by atoms with Gasteiger partial charge in [0.1, 0.15) is 29.7 Å². The molecule has 2 aliphatic carbocycles. The zero-order chi connectivity index (χ0) is 34.9. The standard InChI is InChI=1S/C34H4F2N12/c1-43-23(11-41)32-26(16-5-15(7-37)47-13-21(16)35)18(8-38)27-19(9-39)31-29(20(10-40)28(27)32)33(24(12-42)44-2)30(34(31)46-4)17-6-25(45-3)48-14-22(17)36/h5-6,13-14H/b32-23-,33-24-. The number of hydrogen-bond acceptors (Lipinski definition) is 8. The molecule has 0 fully saturated rings. The van der Waals surface area contributed by atoms with Crippen LogP contribution in [0.5, 0.6) is 0 Å². The molecule has 48 heavy (non-hydrogen) atoms. The minimum atomic E-state index is -1.10. The van der Waals surface area contributed by atoms with Crippen LogP contribution in [0.25, 0.3) is 52.9 Å². The number of nitrogens with zero attached hydrogens (tertiary/aromatic N) is 12. The first-order chi connectivity index (χ1) is 23.2. The highest BCUT2D eigenvalue weighted by atomic mass is 19.1. The van der Waals surface area contributed by atoms with E-state index in [-0.39, 0.29) is 22.6 Å². The molecule has 0 spiro atoms. The van der Waals surface area contributed by atoms with Crippen LogP contribution < -0.4 is 0 Å². The Morgan fingerprint density at radius 1 is 0.625 bits per heavy atom. The smallest absolute Gasteiger partial charge is 0.270 e. The highest BCUT2D eigenvalue weighted by molar-refractivity contribution is 6.31. The van der Waals surface area contributed by atoms with Gasteiger partial charge in [0.05, 0.1) is 60.8 Å². The van der Waals surface area contributed by atoms with Gasteiger partial charge in [0.15, 0.2) is 12.0 Å². The minimum Gasteiger partial charge on any atom is -0.361 e. The van der Waals surface area contributed by atoms with Crippen molar-refractivity contribution in [2.45, 2.75) is 0 Å². The lowest BCUT2D eigenvalue weighted by Gasteiger charge is -2.17. The van der Waals surface area contributed by atoms with E-state index < -0.39 is 90.0 Å². The fourth-order valence-electron chi connectivity index (χ4n) is 5.58. The van der Waals surface area contributed by atoms with E-state index in [0.717, 1.165) is 12.1 Å². The van der Waals surface area contributed by atoms with Crippen LogP contribution in [0.1, 0.15) is 50.2 Å². The van der Waals surface area contributed by atoms with E-state index in [0.29, 0.717) is 12.4 Å². The average molecular weight is 618 g/mol. The molecule has 0 amide bonds. The van der Waals surface area contributed by atoms with Crippen molar-refractivity contribution in [3.8, 4) is 36.4 Å². The van der Waals surface area contributed by atoms with E-state index in [1.54, 1.807) is 18.2 Å². The zero-order valence-electron chi connectivity index (χ0n) is 23.4. The van der Waals surface area contributed by atoms with Crippen LogP contribution in [0, 0.1) is 106 Å². The fourth-order valence-corrected chi connectivity index (χ4v) is 5.58. The number of hydrogen-bond donors (Lipinski definition) is 0. The Morgan fingerprint density at radius 3 is 1.67 bits per heavy atom. The summed E-state index contributed by atoms with van der Waals surface area (Å²) in [6.45, 7) is 30.8. The number of aromatic nitrogens is 2. The fraction of sp³-hybridized carbons (Fsp3) is 0. The van der Waals surface area contributed by atoms with E-state index in [1.807, 2.05) is 18.2 Å². The molecule has 0 bridgehead atoms. The molecule has 2 aliphatic rings. The molecule has 1 aromatic carbocycles. The lowest BCUT2D eigenvalue weighted by atomic mass is 9.83. The second-order valence-electron chi connectivity index (χ2n) is 9.36. The Morgan fingerprint density at radius 2 is 1.17 bits per heavy atom. The summed E-state index contributed by atoms with van der Waals surface area (Å²) in [5.41, 5.74) is -8.24. The van der Waals surface area contributed by atoms with Crippen molar-refractivity contribution in [1.29, 1.82) is 31.6 Å². The summed E-state index contributed by atoms with van der Waals surface area (Å²) < 4.78 is 30.9. The third-order valence-corrected chi connectivity index (χ3v) is 7.29. The van der Waals surface area contributed by atoms with Crippen LogP contribution in [-0.4, -0.2) is 9.97 Å². The van der Waals surface area contributed by atoms with Crippen LogP contribution in [0.2, 0.25) is 0 Å². The van der Waals surface area contributed by atoms with Gasteiger partial charge >= 0.3 is 0 Å². The Balaban J connectivity index is 2.16. The molecule has 12 nitrogen and oxygen atoms in total. The maximum absolute atomic E-state index is 15.4. The molecule has 2 heterocycles. The van der Waals surface area contributed by atoms with E-state index >= 15 is 8.78 Å². The van der Waals surface area contributed by atoms with Gasteiger partial charge in [0.2, 0.25) is 5.70 Å². The number of pyridine rings is 2. The van der Waals surface area contributed by atoms with Gasteiger partial charge in [-0.3, -0.25) is 0 Å². The summed E-state index contributed by atoms with van der Waals surface area (Å²) in [5.74, 6) is -2.51. The van der Waals surface area contributed by atoms with Crippen molar-refractivity contribution in [1.82, 2.24) is 9.97 Å². The molecule has 2 aromatic heterocycles. The lowest BCUT2D eigenvalue weighted by molar-refractivity contribution is 0.617. The second kappa shape index (κ2) is 11.7. The normalized spacial score (nSPS) is 14.2. The van der Waals surface area contributed by atoms with Gasteiger partial charge < -0.3 is 4.85 Å². The van der Waals surface area contributed by atoms with Crippen LogP contribution >= 0.6 is 0 Å². The number of fused-ring (bicyclic) bond motifs is 2.